The number of rotatable bonds is 2. The Morgan fingerprint density at radius 1 is 1.54 bits per heavy atom. The fraction of sp³-hybridized carbons (Fsp3) is 0.222. The molecule has 1 N–H and O–H groups in total. The van der Waals surface area contributed by atoms with Crippen LogP contribution >= 0.6 is 0 Å². The van der Waals surface area contributed by atoms with E-state index in [0.29, 0.717) is 6.54 Å². The van der Waals surface area contributed by atoms with Gasteiger partial charge < -0.3 is 9.40 Å². The molecule has 2 aromatic rings. The molecular weight excluding hydrogens is 168 g/mol. The van der Waals surface area contributed by atoms with Crippen molar-refractivity contribution in [3.8, 4) is 0 Å². The highest BCUT2D eigenvalue weighted by atomic mass is 16.3. The van der Waals surface area contributed by atoms with Crippen LogP contribution in [0, 0.1) is 6.92 Å². The number of aromatic nitrogens is 2. The van der Waals surface area contributed by atoms with E-state index < -0.39 is 0 Å². The minimum atomic E-state index is -0.117. The molecule has 0 aliphatic rings. The lowest BCUT2D eigenvalue weighted by Crippen LogP contribution is -2.16. The summed E-state index contributed by atoms with van der Waals surface area (Å²) in [4.78, 5) is 13.7. The quantitative estimate of drug-likeness (QED) is 0.749. The molecule has 0 unspecified atom stereocenters. The molecule has 0 radical (unpaired) electrons. The van der Waals surface area contributed by atoms with E-state index in [2.05, 4.69) is 4.98 Å². The molecule has 0 atom stereocenters. The Morgan fingerprint density at radius 2 is 2.38 bits per heavy atom. The molecule has 0 aromatic carbocycles. The lowest BCUT2D eigenvalue weighted by Gasteiger charge is -1.95. The highest BCUT2D eigenvalue weighted by Crippen LogP contribution is 2.06. The molecule has 68 valence electrons. The third-order valence-electron chi connectivity index (χ3n) is 1.84. The van der Waals surface area contributed by atoms with E-state index >= 15 is 0 Å². The number of imidazole rings is 1. The molecule has 0 bridgehead atoms. The summed E-state index contributed by atoms with van der Waals surface area (Å²) in [7, 11) is 0. The van der Waals surface area contributed by atoms with Crippen molar-refractivity contribution in [1.29, 1.82) is 0 Å². The van der Waals surface area contributed by atoms with Crippen molar-refractivity contribution in [1.82, 2.24) is 9.55 Å². The second-order valence-corrected chi connectivity index (χ2v) is 2.91. The van der Waals surface area contributed by atoms with Crippen molar-refractivity contribution in [3.63, 3.8) is 0 Å². The van der Waals surface area contributed by atoms with E-state index in [4.69, 9.17) is 4.42 Å². The maximum absolute atomic E-state index is 11.1. The molecular formula is C9H10N2O2. The van der Waals surface area contributed by atoms with Crippen LogP contribution in [-0.2, 0) is 6.54 Å². The fourth-order valence-electron chi connectivity index (χ4n) is 1.21. The van der Waals surface area contributed by atoms with Gasteiger partial charge in [0.05, 0.1) is 6.54 Å². The van der Waals surface area contributed by atoms with Gasteiger partial charge in [0.2, 0.25) is 0 Å². The summed E-state index contributed by atoms with van der Waals surface area (Å²) in [5.74, 6) is 1.65. The molecule has 2 heterocycles. The van der Waals surface area contributed by atoms with Crippen molar-refractivity contribution in [2.45, 2.75) is 13.5 Å². The second kappa shape index (κ2) is 2.97. The van der Waals surface area contributed by atoms with Crippen LogP contribution in [-0.4, -0.2) is 9.55 Å². The van der Waals surface area contributed by atoms with Crippen molar-refractivity contribution in [2.75, 3.05) is 0 Å². The number of aromatic amines is 1. The Kier molecular flexibility index (Phi) is 1.81. The number of furan rings is 1. The highest BCUT2D eigenvalue weighted by Gasteiger charge is 2.01. The SMILES string of the molecule is Cc1ccc(Cn2cc[nH]c2=O)o1. The maximum Gasteiger partial charge on any atom is 0.325 e. The fourth-order valence-corrected chi connectivity index (χ4v) is 1.21. The van der Waals surface area contributed by atoms with Gasteiger partial charge in [-0.3, -0.25) is 4.57 Å². The first-order chi connectivity index (χ1) is 6.25. The van der Waals surface area contributed by atoms with Gasteiger partial charge in [0.1, 0.15) is 11.5 Å². The molecule has 0 amide bonds. The first kappa shape index (κ1) is 7.91. The lowest BCUT2D eigenvalue weighted by molar-refractivity contribution is 0.467. The van der Waals surface area contributed by atoms with Crippen LogP contribution in [0.2, 0.25) is 0 Å². The number of hydrogen-bond donors (Lipinski definition) is 1. The smallest absolute Gasteiger partial charge is 0.325 e. The van der Waals surface area contributed by atoms with Crippen molar-refractivity contribution in [2.24, 2.45) is 0 Å². The zero-order chi connectivity index (χ0) is 9.26. The zero-order valence-electron chi connectivity index (χ0n) is 7.28. The summed E-state index contributed by atoms with van der Waals surface area (Å²) in [6, 6.07) is 3.75. The summed E-state index contributed by atoms with van der Waals surface area (Å²) in [6.45, 7) is 2.36. The van der Waals surface area contributed by atoms with Crippen molar-refractivity contribution in [3.05, 3.63) is 46.5 Å². The second-order valence-electron chi connectivity index (χ2n) is 2.91. The van der Waals surface area contributed by atoms with E-state index in [0.717, 1.165) is 11.5 Å². The largest absolute Gasteiger partial charge is 0.464 e. The standard InChI is InChI=1S/C9H10N2O2/c1-7-2-3-8(13-7)6-11-5-4-10-9(11)12/h2-5H,6H2,1H3,(H,10,12). The monoisotopic (exact) mass is 178 g/mol. The van der Waals surface area contributed by atoms with E-state index in [1.54, 1.807) is 17.0 Å². The Morgan fingerprint density at radius 3 is 2.92 bits per heavy atom. The summed E-state index contributed by atoms with van der Waals surface area (Å²) < 4.78 is 6.89. The zero-order valence-corrected chi connectivity index (χ0v) is 7.28. The number of nitrogens with zero attached hydrogens (tertiary/aromatic N) is 1. The van der Waals surface area contributed by atoms with Gasteiger partial charge in [0, 0.05) is 12.4 Å². The van der Waals surface area contributed by atoms with Crippen LogP contribution < -0.4 is 5.69 Å². The van der Waals surface area contributed by atoms with Gasteiger partial charge in [-0.2, -0.15) is 0 Å². The Balaban J connectivity index is 2.24. The van der Waals surface area contributed by atoms with Crippen LogP contribution in [0.5, 0.6) is 0 Å². The average Bonchev–Trinajstić information content (AvgIpc) is 2.64. The molecule has 0 aliphatic heterocycles. The van der Waals surface area contributed by atoms with Crippen LogP contribution in [0.1, 0.15) is 11.5 Å². The first-order valence-corrected chi connectivity index (χ1v) is 4.05. The molecule has 0 spiro atoms. The Bertz CT molecular complexity index is 450. The molecule has 13 heavy (non-hydrogen) atoms. The van der Waals surface area contributed by atoms with Crippen molar-refractivity contribution < 1.29 is 4.42 Å². The van der Waals surface area contributed by atoms with Gasteiger partial charge in [-0.05, 0) is 19.1 Å². The minimum Gasteiger partial charge on any atom is -0.464 e. The summed E-state index contributed by atoms with van der Waals surface area (Å²) in [5.41, 5.74) is -0.117. The molecule has 0 saturated carbocycles. The van der Waals surface area contributed by atoms with E-state index in [1.807, 2.05) is 19.1 Å². The van der Waals surface area contributed by atoms with Crippen LogP contribution in [0.3, 0.4) is 0 Å². The van der Waals surface area contributed by atoms with E-state index in [-0.39, 0.29) is 5.69 Å². The molecule has 2 aromatic heterocycles. The van der Waals surface area contributed by atoms with Gasteiger partial charge in [-0.25, -0.2) is 4.79 Å². The molecule has 0 fully saturated rings. The average molecular weight is 178 g/mol. The van der Waals surface area contributed by atoms with Gasteiger partial charge in [-0.1, -0.05) is 0 Å². The van der Waals surface area contributed by atoms with Crippen molar-refractivity contribution >= 4 is 0 Å². The number of hydrogen-bond acceptors (Lipinski definition) is 2. The summed E-state index contributed by atoms with van der Waals surface area (Å²) in [6.07, 6.45) is 3.30. The molecule has 2 rings (SSSR count). The third kappa shape index (κ3) is 1.56. The number of aryl methyl sites for hydroxylation is 1. The number of H-pyrrole nitrogens is 1. The predicted molar refractivity (Wildman–Crippen MR) is 47.6 cm³/mol. The third-order valence-corrected chi connectivity index (χ3v) is 1.84. The molecule has 0 saturated heterocycles. The van der Waals surface area contributed by atoms with Gasteiger partial charge in [0.15, 0.2) is 0 Å². The number of nitrogens with one attached hydrogen (secondary N) is 1. The van der Waals surface area contributed by atoms with Gasteiger partial charge in [-0.15, -0.1) is 0 Å². The Labute approximate surface area is 74.8 Å². The normalized spacial score (nSPS) is 10.5. The molecule has 4 nitrogen and oxygen atoms in total. The topological polar surface area (TPSA) is 50.9 Å². The molecule has 0 aliphatic carbocycles. The van der Waals surface area contributed by atoms with Crippen LogP contribution in [0.15, 0.2) is 33.7 Å². The maximum atomic E-state index is 11.1. The Hall–Kier alpha value is -1.71. The van der Waals surface area contributed by atoms with E-state index in [1.165, 1.54) is 0 Å². The minimum absolute atomic E-state index is 0.117. The van der Waals surface area contributed by atoms with E-state index in [9.17, 15) is 4.79 Å². The van der Waals surface area contributed by atoms with Gasteiger partial charge in [0.25, 0.3) is 0 Å². The lowest BCUT2D eigenvalue weighted by atomic mass is 10.4. The molecule has 4 heteroatoms. The first-order valence-electron chi connectivity index (χ1n) is 4.05. The summed E-state index contributed by atoms with van der Waals surface area (Å²) >= 11 is 0. The highest BCUT2D eigenvalue weighted by molar-refractivity contribution is 5.06. The van der Waals surface area contributed by atoms with Crippen LogP contribution in [0.4, 0.5) is 0 Å². The summed E-state index contributed by atoms with van der Waals surface area (Å²) in [5, 5.41) is 0. The predicted octanol–water partition coefficient (Wildman–Crippen LogP) is 1.13. The van der Waals surface area contributed by atoms with Crippen LogP contribution in [0.25, 0.3) is 0 Å². The van der Waals surface area contributed by atoms with Gasteiger partial charge >= 0.3 is 5.69 Å².